The topological polar surface area (TPSA) is 79.0 Å². The summed E-state index contributed by atoms with van der Waals surface area (Å²) in [6, 6.07) is 20.6. The predicted octanol–water partition coefficient (Wildman–Crippen LogP) is 4.49. The van der Waals surface area contributed by atoms with E-state index < -0.39 is 17.3 Å². The third-order valence-corrected chi connectivity index (χ3v) is 7.14. The van der Waals surface area contributed by atoms with Gasteiger partial charge in [0.2, 0.25) is 11.8 Å². The van der Waals surface area contributed by atoms with E-state index >= 15 is 0 Å². The number of aryl methyl sites for hydroxylation is 1. The molecule has 0 saturated carbocycles. The van der Waals surface area contributed by atoms with Crippen LogP contribution < -0.4 is 15.0 Å². The van der Waals surface area contributed by atoms with Crippen molar-refractivity contribution in [3.63, 3.8) is 0 Å². The molecule has 38 heavy (non-hydrogen) atoms. The molecule has 0 aliphatic carbocycles. The van der Waals surface area contributed by atoms with E-state index in [9.17, 15) is 18.8 Å². The van der Waals surface area contributed by atoms with Gasteiger partial charge < -0.3 is 15.0 Å². The molecule has 198 valence electrons. The minimum absolute atomic E-state index is 0.0993. The van der Waals surface area contributed by atoms with Crippen LogP contribution in [-0.4, -0.2) is 48.4 Å². The highest BCUT2D eigenvalue weighted by atomic mass is 19.1. The number of nitrogens with one attached hydrogen (secondary N) is 1. The Balaban J connectivity index is 1.79. The zero-order valence-electron chi connectivity index (χ0n) is 21.9. The summed E-state index contributed by atoms with van der Waals surface area (Å²) in [4.78, 5) is 43.4. The molecule has 3 aromatic carbocycles. The summed E-state index contributed by atoms with van der Waals surface area (Å²) in [5.41, 5.74) is 0.599. The Bertz CT molecular complexity index is 1300. The van der Waals surface area contributed by atoms with Crippen molar-refractivity contribution in [1.29, 1.82) is 0 Å². The molecule has 1 aliphatic rings. The van der Waals surface area contributed by atoms with Crippen molar-refractivity contribution in [1.82, 2.24) is 10.2 Å². The van der Waals surface area contributed by atoms with Gasteiger partial charge in [0.05, 0.1) is 7.11 Å². The van der Waals surface area contributed by atoms with Gasteiger partial charge >= 0.3 is 0 Å². The first kappa shape index (κ1) is 26.9. The highest BCUT2D eigenvalue weighted by Gasteiger charge is 2.49. The van der Waals surface area contributed by atoms with Crippen LogP contribution in [0.2, 0.25) is 0 Å². The summed E-state index contributed by atoms with van der Waals surface area (Å²) < 4.78 is 20.1. The normalized spacial score (nSPS) is 14.5. The summed E-state index contributed by atoms with van der Waals surface area (Å²) in [5, 5.41) is 3.00. The van der Waals surface area contributed by atoms with Gasteiger partial charge in [0, 0.05) is 37.8 Å². The molecule has 1 saturated heterocycles. The molecule has 3 amide bonds. The second-order valence-corrected chi connectivity index (χ2v) is 9.51. The number of carbonyl (C=O) groups is 3. The molecule has 0 unspecified atom stereocenters. The molecular weight excluding hydrogens is 485 g/mol. The fraction of sp³-hybridized carbons (Fsp3) is 0.300. The van der Waals surface area contributed by atoms with Crippen LogP contribution in [-0.2, 0) is 16.1 Å². The molecule has 0 bridgehead atoms. The van der Waals surface area contributed by atoms with Crippen molar-refractivity contribution in [3.05, 3.63) is 95.3 Å². The van der Waals surface area contributed by atoms with E-state index in [2.05, 4.69) is 5.32 Å². The molecule has 7 nitrogen and oxygen atoms in total. The second-order valence-electron chi connectivity index (χ2n) is 9.51. The lowest BCUT2D eigenvalue weighted by molar-refractivity contribution is -0.135. The van der Waals surface area contributed by atoms with Crippen LogP contribution in [0.3, 0.4) is 0 Å². The number of nitrogens with zero attached hydrogens (tertiary/aromatic N) is 2. The summed E-state index contributed by atoms with van der Waals surface area (Å²) in [6.45, 7) is 3.97. The smallest absolute Gasteiger partial charge is 0.259 e. The zero-order valence-corrected chi connectivity index (χ0v) is 21.9. The van der Waals surface area contributed by atoms with E-state index in [1.807, 2.05) is 30.3 Å². The lowest BCUT2D eigenvalue weighted by Gasteiger charge is -2.47. The van der Waals surface area contributed by atoms with Crippen LogP contribution in [0.15, 0.2) is 72.8 Å². The van der Waals surface area contributed by atoms with E-state index in [1.165, 1.54) is 25.0 Å². The van der Waals surface area contributed by atoms with Gasteiger partial charge in [-0.25, -0.2) is 4.39 Å². The van der Waals surface area contributed by atoms with Crippen LogP contribution in [0.1, 0.15) is 41.3 Å². The summed E-state index contributed by atoms with van der Waals surface area (Å²) >= 11 is 0. The number of halogens is 1. The number of amides is 3. The Kier molecular flexibility index (Phi) is 8.10. The third kappa shape index (κ3) is 5.54. The Labute approximate surface area is 222 Å². The number of likely N-dealkylation sites (tertiary alicyclic amines) is 1. The molecule has 1 aliphatic heterocycles. The molecule has 0 radical (unpaired) electrons. The number of piperidine rings is 1. The molecule has 1 fully saturated rings. The van der Waals surface area contributed by atoms with Crippen molar-refractivity contribution >= 4 is 23.4 Å². The fourth-order valence-electron chi connectivity index (χ4n) is 4.83. The Morgan fingerprint density at radius 1 is 1.00 bits per heavy atom. The largest absolute Gasteiger partial charge is 0.497 e. The highest BCUT2D eigenvalue weighted by Crippen LogP contribution is 2.36. The van der Waals surface area contributed by atoms with Crippen molar-refractivity contribution in [3.8, 4) is 5.75 Å². The van der Waals surface area contributed by atoms with Crippen LogP contribution in [0, 0.1) is 12.7 Å². The van der Waals surface area contributed by atoms with E-state index in [-0.39, 0.29) is 50.0 Å². The first-order chi connectivity index (χ1) is 18.2. The Hall–Kier alpha value is -4.20. The number of hydrogen-bond acceptors (Lipinski definition) is 4. The van der Waals surface area contributed by atoms with E-state index in [0.717, 1.165) is 5.56 Å². The summed E-state index contributed by atoms with van der Waals surface area (Å²) in [7, 11) is 1.53. The maximum Gasteiger partial charge on any atom is 0.259 e. The minimum atomic E-state index is -1.35. The number of methoxy groups -OCH3 is 1. The minimum Gasteiger partial charge on any atom is -0.497 e. The molecule has 1 heterocycles. The summed E-state index contributed by atoms with van der Waals surface area (Å²) in [6.07, 6.45) is 0.398. The third-order valence-electron chi connectivity index (χ3n) is 7.14. The molecule has 0 atom stereocenters. The quantitative estimate of drug-likeness (QED) is 0.501. The van der Waals surface area contributed by atoms with Crippen molar-refractivity contribution in [2.24, 2.45) is 0 Å². The van der Waals surface area contributed by atoms with E-state index in [1.54, 1.807) is 48.2 Å². The van der Waals surface area contributed by atoms with Crippen molar-refractivity contribution < 1.29 is 23.5 Å². The number of rotatable bonds is 7. The SMILES string of the molecule is COc1ccc(C(=O)N(c2ccc(C)c(F)c2)C2(C(=O)NCc3ccccc3)CCN(C(C)=O)CC2)cc1. The number of ether oxygens (including phenoxy) is 1. The standard InChI is InChI=1S/C30H32FN3O4/c1-21-9-12-25(19-27(21)31)34(28(36)24-10-13-26(38-3)14-11-24)30(15-17-33(18-16-30)22(2)35)29(37)32-20-23-7-5-4-6-8-23/h4-14,19H,15-18,20H2,1-3H3,(H,32,37). The van der Waals surface area contributed by atoms with Gasteiger partial charge in [-0.2, -0.15) is 0 Å². The molecule has 0 aromatic heterocycles. The molecule has 4 rings (SSSR count). The second kappa shape index (κ2) is 11.5. The lowest BCUT2D eigenvalue weighted by atomic mass is 9.83. The van der Waals surface area contributed by atoms with Crippen LogP contribution in [0.4, 0.5) is 10.1 Å². The van der Waals surface area contributed by atoms with Gasteiger partial charge in [0.25, 0.3) is 5.91 Å². The molecule has 8 heteroatoms. The number of anilines is 1. The maximum absolute atomic E-state index is 14.8. The zero-order chi connectivity index (χ0) is 27.3. The highest BCUT2D eigenvalue weighted by molar-refractivity contribution is 6.11. The van der Waals surface area contributed by atoms with Gasteiger partial charge in [-0.15, -0.1) is 0 Å². The van der Waals surface area contributed by atoms with Crippen molar-refractivity contribution in [2.75, 3.05) is 25.1 Å². The maximum atomic E-state index is 14.8. The van der Waals surface area contributed by atoms with Crippen molar-refractivity contribution in [2.45, 2.75) is 38.8 Å². The molecular formula is C30H32FN3O4. The summed E-state index contributed by atoms with van der Waals surface area (Å²) in [5.74, 6) is -0.789. The molecule has 0 spiro atoms. The monoisotopic (exact) mass is 517 g/mol. The average Bonchev–Trinajstić information content (AvgIpc) is 2.94. The van der Waals surface area contributed by atoms with Crippen LogP contribution >= 0.6 is 0 Å². The first-order valence-corrected chi connectivity index (χ1v) is 12.6. The van der Waals surface area contributed by atoms with Crippen LogP contribution in [0.5, 0.6) is 5.75 Å². The van der Waals surface area contributed by atoms with Gasteiger partial charge in [-0.05, 0) is 67.3 Å². The van der Waals surface area contributed by atoms with Crippen LogP contribution in [0.25, 0.3) is 0 Å². The van der Waals surface area contributed by atoms with Gasteiger partial charge in [-0.1, -0.05) is 36.4 Å². The average molecular weight is 518 g/mol. The predicted molar refractivity (Wildman–Crippen MR) is 143 cm³/mol. The number of carbonyl (C=O) groups excluding carboxylic acids is 3. The Morgan fingerprint density at radius 3 is 2.24 bits per heavy atom. The lowest BCUT2D eigenvalue weighted by Crippen LogP contribution is -2.65. The molecule has 1 N–H and O–H groups in total. The van der Waals surface area contributed by atoms with E-state index in [4.69, 9.17) is 4.74 Å². The molecule has 3 aromatic rings. The first-order valence-electron chi connectivity index (χ1n) is 12.6. The van der Waals surface area contributed by atoms with Gasteiger partial charge in [-0.3, -0.25) is 19.3 Å². The van der Waals surface area contributed by atoms with Gasteiger partial charge in [0.15, 0.2) is 0 Å². The number of hydrogen-bond donors (Lipinski definition) is 1. The van der Waals surface area contributed by atoms with Gasteiger partial charge in [0.1, 0.15) is 17.1 Å². The Morgan fingerprint density at radius 2 is 1.66 bits per heavy atom. The fourth-order valence-corrected chi connectivity index (χ4v) is 4.83. The number of benzene rings is 3. The van der Waals surface area contributed by atoms with E-state index in [0.29, 0.717) is 16.9 Å².